The molecule has 0 N–H and O–H groups in total. The highest BCUT2D eigenvalue weighted by Crippen LogP contribution is 2.28. The van der Waals surface area contributed by atoms with Crippen LogP contribution in [0.1, 0.15) is 19.4 Å². The van der Waals surface area contributed by atoms with Crippen LogP contribution in [0.5, 0.6) is 0 Å². The summed E-state index contributed by atoms with van der Waals surface area (Å²) < 4.78 is 15.2. The van der Waals surface area contributed by atoms with Gasteiger partial charge < -0.3 is 14.2 Å². The van der Waals surface area contributed by atoms with E-state index in [2.05, 4.69) is 0 Å². The highest BCUT2D eigenvalue weighted by Gasteiger charge is 2.50. The molecule has 0 aromatic heterocycles. The molecule has 0 unspecified atom stereocenters. The van der Waals surface area contributed by atoms with E-state index in [1.807, 2.05) is 0 Å². The van der Waals surface area contributed by atoms with E-state index in [0.717, 1.165) is 0 Å². The van der Waals surface area contributed by atoms with Crippen molar-refractivity contribution in [2.45, 2.75) is 19.3 Å². The molecule has 20 heavy (non-hydrogen) atoms. The van der Waals surface area contributed by atoms with Gasteiger partial charge in [-0.25, -0.2) is 0 Å². The number of carbonyl (C=O) groups excluding carboxylic acids is 2. The van der Waals surface area contributed by atoms with E-state index in [9.17, 15) is 9.59 Å². The van der Waals surface area contributed by atoms with Gasteiger partial charge in [-0.1, -0.05) is 30.3 Å². The molecule has 0 radical (unpaired) electrons. The maximum atomic E-state index is 12.4. The number of benzene rings is 1. The van der Waals surface area contributed by atoms with Gasteiger partial charge in [0.1, 0.15) is 0 Å². The topological polar surface area (TPSA) is 61.8 Å². The Morgan fingerprint density at radius 3 is 1.90 bits per heavy atom. The second kappa shape index (κ2) is 7.65. The molecule has 0 aliphatic rings. The van der Waals surface area contributed by atoms with Crippen LogP contribution in [-0.4, -0.2) is 38.9 Å². The van der Waals surface area contributed by atoms with Crippen LogP contribution in [0.15, 0.2) is 30.3 Å². The van der Waals surface area contributed by atoms with Gasteiger partial charge in [0.05, 0.1) is 19.8 Å². The molecule has 0 amide bonds. The molecule has 0 saturated carbocycles. The van der Waals surface area contributed by atoms with Crippen molar-refractivity contribution in [2.75, 3.05) is 26.9 Å². The second-order valence-electron chi connectivity index (χ2n) is 4.15. The fourth-order valence-corrected chi connectivity index (χ4v) is 1.97. The number of hydrogen-bond donors (Lipinski definition) is 0. The zero-order valence-electron chi connectivity index (χ0n) is 12.0. The maximum absolute atomic E-state index is 12.4. The molecule has 5 heteroatoms. The average Bonchev–Trinajstić information content (AvgIpc) is 2.46. The van der Waals surface area contributed by atoms with Crippen LogP contribution in [0.25, 0.3) is 0 Å². The molecule has 1 aromatic rings. The summed E-state index contributed by atoms with van der Waals surface area (Å²) in [4.78, 5) is 24.7. The summed E-state index contributed by atoms with van der Waals surface area (Å²) in [5.74, 6) is -1.32. The molecule has 110 valence electrons. The molecular formula is C15H20O5. The number of ether oxygens (including phenoxy) is 3. The minimum Gasteiger partial charge on any atom is -0.465 e. The van der Waals surface area contributed by atoms with E-state index >= 15 is 0 Å². The third kappa shape index (κ3) is 3.17. The summed E-state index contributed by atoms with van der Waals surface area (Å²) >= 11 is 0. The van der Waals surface area contributed by atoms with Gasteiger partial charge in [-0.2, -0.15) is 0 Å². The lowest BCUT2D eigenvalue weighted by atomic mass is 9.81. The normalized spacial score (nSPS) is 10.9. The van der Waals surface area contributed by atoms with E-state index in [0.29, 0.717) is 5.56 Å². The monoisotopic (exact) mass is 280 g/mol. The van der Waals surface area contributed by atoms with E-state index in [1.54, 1.807) is 44.2 Å². The molecule has 0 aliphatic heterocycles. The summed E-state index contributed by atoms with van der Waals surface area (Å²) in [6, 6.07) is 8.67. The number of carbonyl (C=O) groups is 2. The standard InChI is InChI=1S/C15H20O5/c1-4-19-13(16)15(11-18-3,14(17)20-5-2)12-9-7-6-8-10-12/h6-10H,4-5,11H2,1-3H3. The first-order chi connectivity index (χ1) is 9.63. The summed E-state index contributed by atoms with van der Waals surface area (Å²) in [5.41, 5.74) is -1.08. The predicted molar refractivity (Wildman–Crippen MR) is 73.3 cm³/mol. The average molecular weight is 280 g/mol. The first-order valence-electron chi connectivity index (χ1n) is 6.52. The highest BCUT2D eigenvalue weighted by molar-refractivity contribution is 6.06. The lowest BCUT2D eigenvalue weighted by molar-refractivity contribution is -0.167. The molecular weight excluding hydrogens is 260 g/mol. The van der Waals surface area contributed by atoms with Crippen molar-refractivity contribution in [1.82, 2.24) is 0 Å². The minimum atomic E-state index is -1.58. The Labute approximate surface area is 118 Å². The van der Waals surface area contributed by atoms with Gasteiger partial charge in [-0.3, -0.25) is 9.59 Å². The summed E-state index contributed by atoms with van der Waals surface area (Å²) in [6.45, 7) is 3.60. The molecule has 0 bridgehead atoms. The van der Waals surface area contributed by atoms with Crippen molar-refractivity contribution in [3.8, 4) is 0 Å². The predicted octanol–water partition coefficient (Wildman–Crippen LogP) is 1.70. The van der Waals surface area contributed by atoms with Crippen molar-refractivity contribution in [1.29, 1.82) is 0 Å². The number of esters is 2. The van der Waals surface area contributed by atoms with E-state index in [4.69, 9.17) is 14.2 Å². The molecule has 0 saturated heterocycles. The van der Waals surface area contributed by atoms with Crippen LogP contribution in [0, 0.1) is 0 Å². The van der Waals surface area contributed by atoms with Gasteiger partial charge >= 0.3 is 11.9 Å². The van der Waals surface area contributed by atoms with Crippen LogP contribution < -0.4 is 0 Å². The van der Waals surface area contributed by atoms with Crippen molar-refractivity contribution < 1.29 is 23.8 Å². The fourth-order valence-electron chi connectivity index (χ4n) is 1.97. The molecule has 0 fully saturated rings. The SMILES string of the molecule is CCOC(=O)C(COC)(C(=O)OCC)c1ccccc1. The smallest absolute Gasteiger partial charge is 0.330 e. The molecule has 5 nitrogen and oxygen atoms in total. The van der Waals surface area contributed by atoms with E-state index in [1.165, 1.54) is 7.11 Å². The van der Waals surface area contributed by atoms with E-state index < -0.39 is 17.4 Å². The Bertz CT molecular complexity index is 423. The van der Waals surface area contributed by atoms with Crippen molar-refractivity contribution in [2.24, 2.45) is 0 Å². The molecule has 0 atom stereocenters. The lowest BCUT2D eigenvalue weighted by Gasteiger charge is -2.28. The maximum Gasteiger partial charge on any atom is 0.330 e. The third-order valence-corrected chi connectivity index (χ3v) is 2.88. The first-order valence-corrected chi connectivity index (χ1v) is 6.52. The molecule has 0 aliphatic carbocycles. The van der Waals surface area contributed by atoms with Gasteiger partial charge in [0.15, 0.2) is 0 Å². The lowest BCUT2D eigenvalue weighted by Crippen LogP contribution is -2.49. The number of methoxy groups -OCH3 is 1. The third-order valence-electron chi connectivity index (χ3n) is 2.88. The van der Waals surface area contributed by atoms with Crippen LogP contribution in [-0.2, 0) is 29.2 Å². The van der Waals surface area contributed by atoms with Gasteiger partial charge in [0.25, 0.3) is 0 Å². The first kappa shape index (κ1) is 16.2. The van der Waals surface area contributed by atoms with Crippen molar-refractivity contribution >= 4 is 11.9 Å². The summed E-state index contributed by atoms with van der Waals surface area (Å²) in [7, 11) is 1.43. The Balaban J connectivity index is 3.33. The number of hydrogen-bond acceptors (Lipinski definition) is 5. The van der Waals surface area contributed by atoms with Gasteiger partial charge in [-0.15, -0.1) is 0 Å². The molecule has 1 aromatic carbocycles. The van der Waals surface area contributed by atoms with Crippen LogP contribution in [0.3, 0.4) is 0 Å². The Kier molecular flexibility index (Phi) is 6.18. The zero-order chi connectivity index (χ0) is 15.0. The Morgan fingerprint density at radius 1 is 1.00 bits per heavy atom. The zero-order valence-corrected chi connectivity index (χ0v) is 12.0. The van der Waals surface area contributed by atoms with Crippen molar-refractivity contribution in [3.63, 3.8) is 0 Å². The van der Waals surface area contributed by atoms with E-state index in [-0.39, 0.29) is 19.8 Å². The summed E-state index contributed by atoms with van der Waals surface area (Å²) in [5, 5.41) is 0. The second-order valence-corrected chi connectivity index (χ2v) is 4.15. The highest BCUT2D eigenvalue weighted by atomic mass is 16.6. The van der Waals surface area contributed by atoms with Gasteiger partial charge in [0, 0.05) is 7.11 Å². The van der Waals surface area contributed by atoms with Gasteiger partial charge in [-0.05, 0) is 19.4 Å². The Hall–Kier alpha value is -1.88. The number of rotatable bonds is 7. The van der Waals surface area contributed by atoms with Gasteiger partial charge in [0.2, 0.25) is 5.41 Å². The van der Waals surface area contributed by atoms with Crippen LogP contribution >= 0.6 is 0 Å². The molecule has 0 spiro atoms. The van der Waals surface area contributed by atoms with Crippen LogP contribution in [0.4, 0.5) is 0 Å². The largest absolute Gasteiger partial charge is 0.465 e. The van der Waals surface area contributed by atoms with Crippen molar-refractivity contribution in [3.05, 3.63) is 35.9 Å². The summed E-state index contributed by atoms with van der Waals surface area (Å²) in [6.07, 6.45) is 0. The molecule has 0 heterocycles. The molecule has 1 rings (SSSR count). The fraction of sp³-hybridized carbons (Fsp3) is 0.467. The quantitative estimate of drug-likeness (QED) is 0.562. The Morgan fingerprint density at radius 2 is 1.50 bits per heavy atom. The van der Waals surface area contributed by atoms with Crippen LogP contribution in [0.2, 0.25) is 0 Å². The minimum absolute atomic E-state index is 0.130.